The van der Waals surface area contributed by atoms with E-state index in [2.05, 4.69) is 77.2 Å². The van der Waals surface area contributed by atoms with E-state index < -0.39 is 23.4 Å². The maximum atomic E-state index is 12.3. The zero-order chi connectivity index (χ0) is 33.2. The second kappa shape index (κ2) is 16.1. The van der Waals surface area contributed by atoms with Crippen LogP contribution in [0.4, 0.5) is 0 Å². The minimum Gasteiger partial charge on any atom is -0.392 e. The van der Waals surface area contributed by atoms with Crippen molar-refractivity contribution in [1.29, 1.82) is 0 Å². The number of aliphatic hydroxyl groups excluding tert-OH is 3. The molecule has 0 saturated heterocycles. The largest absolute Gasteiger partial charge is 0.392 e. The number of ketones is 1. The highest BCUT2D eigenvalue weighted by Gasteiger charge is 2.45. The monoisotopic (exact) mass is 598 g/mol. The van der Waals surface area contributed by atoms with Gasteiger partial charge in [0, 0.05) is 10.8 Å². The molecule has 2 rings (SSSR count). The Bertz CT molecular complexity index is 1410. The lowest BCUT2D eigenvalue weighted by Crippen LogP contribution is -2.49. The van der Waals surface area contributed by atoms with Gasteiger partial charge in [-0.3, -0.25) is 4.79 Å². The molecule has 0 aromatic carbocycles. The van der Waals surface area contributed by atoms with E-state index in [9.17, 15) is 20.1 Å². The molecule has 0 spiro atoms. The van der Waals surface area contributed by atoms with Crippen LogP contribution in [0.3, 0.4) is 0 Å². The maximum Gasteiger partial charge on any atom is 0.189 e. The van der Waals surface area contributed by atoms with Crippen molar-refractivity contribution in [2.24, 2.45) is 10.8 Å². The zero-order valence-electron chi connectivity index (χ0n) is 28.5. The first kappa shape index (κ1) is 36.9. The quantitative estimate of drug-likeness (QED) is 0.220. The summed E-state index contributed by atoms with van der Waals surface area (Å²) in [5.41, 5.74) is 7.31. The van der Waals surface area contributed by atoms with Gasteiger partial charge in [-0.05, 0) is 71.1 Å². The molecule has 3 N–H and O–H groups in total. The number of allylic oxidation sites excluding steroid dienone is 19. The Morgan fingerprint density at radius 2 is 1.09 bits per heavy atom. The van der Waals surface area contributed by atoms with Crippen LogP contribution >= 0.6 is 0 Å². The molecule has 4 heteroatoms. The van der Waals surface area contributed by atoms with Crippen molar-refractivity contribution in [3.63, 3.8) is 0 Å². The summed E-state index contributed by atoms with van der Waals surface area (Å²) >= 11 is 0. The standard InChI is InChI=1S/C40H54O4/c1-27(17-13-19-29(3)21-24-33-31(5)23-26-35(41)39(33,7)8)15-11-12-16-28(2)18-14-20-30(4)22-25-34-32(6)36(42)37(43)38(44)40(34,9)10/h11-22,24-25,35,37-38,41,43-44H,23,26H2,1-10H3/b12-11+,17-13+,18-14+,24-21+,25-22+,27-15+,28-16+,29-19+,30-20+/t35-,37+,38-/m1/s1. The van der Waals surface area contributed by atoms with E-state index in [0.29, 0.717) is 5.57 Å². The molecule has 0 fully saturated rings. The first-order valence-corrected chi connectivity index (χ1v) is 15.6. The molecule has 0 heterocycles. The summed E-state index contributed by atoms with van der Waals surface area (Å²) in [7, 11) is 0. The van der Waals surface area contributed by atoms with Crippen molar-refractivity contribution >= 4 is 5.78 Å². The lowest BCUT2D eigenvalue weighted by Gasteiger charge is -2.39. The Kier molecular flexibility index (Phi) is 13.5. The molecule has 0 aliphatic heterocycles. The first-order valence-electron chi connectivity index (χ1n) is 15.6. The van der Waals surface area contributed by atoms with Crippen LogP contribution in [-0.2, 0) is 4.79 Å². The Labute approximate surface area is 266 Å². The van der Waals surface area contributed by atoms with Crippen LogP contribution in [0.1, 0.15) is 82.1 Å². The van der Waals surface area contributed by atoms with Crippen LogP contribution in [0.25, 0.3) is 0 Å². The third kappa shape index (κ3) is 9.85. The number of carbonyl (C=O) groups is 1. The third-order valence-electron chi connectivity index (χ3n) is 8.85. The summed E-state index contributed by atoms with van der Waals surface area (Å²) in [6.45, 7) is 20.0. The molecule has 2 aliphatic carbocycles. The van der Waals surface area contributed by atoms with Gasteiger partial charge in [0.05, 0.1) is 12.2 Å². The normalized spacial score (nSPS) is 26.2. The van der Waals surface area contributed by atoms with E-state index >= 15 is 0 Å². The Morgan fingerprint density at radius 3 is 1.59 bits per heavy atom. The average molecular weight is 599 g/mol. The molecule has 238 valence electrons. The fourth-order valence-electron chi connectivity index (χ4n) is 5.58. The molecule has 3 atom stereocenters. The van der Waals surface area contributed by atoms with Gasteiger partial charge >= 0.3 is 0 Å². The fraction of sp³-hybridized carbons (Fsp3) is 0.425. The van der Waals surface area contributed by atoms with Crippen molar-refractivity contribution in [3.05, 3.63) is 130 Å². The Balaban J connectivity index is 1.95. The van der Waals surface area contributed by atoms with E-state index in [1.165, 1.54) is 11.1 Å². The minimum atomic E-state index is -1.38. The summed E-state index contributed by atoms with van der Waals surface area (Å²) in [6.07, 6.45) is 27.5. The van der Waals surface area contributed by atoms with Gasteiger partial charge < -0.3 is 15.3 Å². The molecular formula is C40H54O4. The molecule has 0 aromatic rings. The molecule has 0 saturated carbocycles. The number of hydrogen-bond donors (Lipinski definition) is 3. The van der Waals surface area contributed by atoms with E-state index in [-0.39, 0.29) is 11.5 Å². The topological polar surface area (TPSA) is 77.8 Å². The maximum absolute atomic E-state index is 12.3. The van der Waals surface area contributed by atoms with Crippen molar-refractivity contribution in [2.75, 3.05) is 0 Å². The summed E-state index contributed by atoms with van der Waals surface area (Å²) in [5, 5.41) is 30.9. The van der Waals surface area contributed by atoms with Gasteiger partial charge in [0.15, 0.2) is 5.78 Å². The second-order valence-electron chi connectivity index (χ2n) is 13.4. The highest BCUT2D eigenvalue weighted by atomic mass is 16.3. The van der Waals surface area contributed by atoms with Crippen molar-refractivity contribution < 1.29 is 20.1 Å². The predicted molar refractivity (Wildman–Crippen MR) is 186 cm³/mol. The molecule has 4 nitrogen and oxygen atoms in total. The molecular weight excluding hydrogens is 544 g/mol. The fourth-order valence-corrected chi connectivity index (χ4v) is 5.58. The van der Waals surface area contributed by atoms with E-state index in [1.807, 2.05) is 70.2 Å². The van der Waals surface area contributed by atoms with Crippen LogP contribution in [0.5, 0.6) is 0 Å². The SMILES string of the molecule is CC1=C(/C=C/C(C)=C/C=C/C(C)=C/C=C/C=C(C)/C=C/C=C(C)/C=C/C2=C(C)C(=O)[C@H](O)[C@@H](O)C2(C)C)C(C)(C)[C@H](O)CC1. The smallest absolute Gasteiger partial charge is 0.189 e. The second-order valence-corrected chi connectivity index (χ2v) is 13.4. The van der Waals surface area contributed by atoms with Gasteiger partial charge in [-0.2, -0.15) is 0 Å². The van der Waals surface area contributed by atoms with Crippen LogP contribution in [0, 0.1) is 10.8 Å². The number of Topliss-reactive ketones (excluding diaryl/α,β-unsaturated/α-hetero) is 1. The summed E-state index contributed by atoms with van der Waals surface area (Å²) < 4.78 is 0. The number of aliphatic hydroxyl groups is 3. The molecule has 2 aliphatic rings. The van der Waals surface area contributed by atoms with E-state index in [4.69, 9.17) is 0 Å². The zero-order valence-corrected chi connectivity index (χ0v) is 28.5. The predicted octanol–water partition coefficient (Wildman–Crippen LogP) is 8.70. The molecule has 0 bridgehead atoms. The minimum absolute atomic E-state index is 0.221. The third-order valence-corrected chi connectivity index (χ3v) is 8.85. The number of rotatable bonds is 10. The van der Waals surface area contributed by atoms with Gasteiger partial charge in [-0.15, -0.1) is 0 Å². The van der Waals surface area contributed by atoms with E-state index in [0.717, 1.165) is 40.7 Å². The summed E-state index contributed by atoms with van der Waals surface area (Å²) in [6, 6.07) is 0. The number of hydrogen-bond acceptors (Lipinski definition) is 4. The van der Waals surface area contributed by atoms with E-state index in [1.54, 1.807) is 6.92 Å². The molecule has 0 radical (unpaired) electrons. The Morgan fingerprint density at radius 1 is 0.659 bits per heavy atom. The average Bonchev–Trinajstić information content (AvgIpc) is 2.95. The molecule has 0 unspecified atom stereocenters. The van der Waals surface area contributed by atoms with Gasteiger partial charge in [0.1, 0.15) is 6.10 Å². The summed E-state index contributed by atoms with van der Waals surface area (Å²) in [5.74, 6) is -0.419. The van der Waals surface area contributed by atoms with Crippen LogP contribution in [0.15, 0.2) is 130 Å². The van der Waals surface area contributed by atoms with Crippen LogP contribution in [-0.4, -0.2) is 39.4 Å². The van der Waals surface area contributed by atoms with Gasteiger partial charge in [-0.25, -0.2) is 0 Å². The van der Waals surface area contributed by atoms with Crippen molar-refractivity contribution in [2.45, 2.75) is 100 Å². The highest BCUT2D eigenvalue weighted by molar-refractivity contribution is 6.01. The first-order chi connectivity index (χ1) is 20.5. The van der Waals surface area contributed by atoms with Crippen LogP contribution in [0.2, 0.25) is 0 Å². The van der Waals surface area contributed by atoms with Crippen molar-refractivity contribution in [3.8, 4) is 0 Å². The highest BCUT2D eigenvalue weighted by Crippen LogP contribution is 2.41. The molecule has 44 heavy (non-hydrogen) atoms. The van der Waals surface area contributed by atoms with Crippen molar-refractivity contribution in [1.82, 2.24) is 0 Å². The van der Waals surface area contributed by atoms with Crippen LogP contribution < -0.4 is 0 Å². The van der Waals surface area contributed by atoms with Gasteiger partial charge in [0.25, 0.3) is 0 Å². The Hall–Kier alpha value is -3.31. The molecule has 0 amide bonds. The number of carbonyl (C=O) groups excluding carboxylic acids is 1. The lowest BCUT2D eigenvalue weighted by atomic mass is 9.69. The lowest BCUT2D eigenvalue weighted by molar-refractivity contribution is -0.135. The summed E-state index contributed by atoms with van der Waals surface area (Å²) in [4.78, 5) is 12.3. The molecule has 0 aromatic heterocycles. The van der Waals surface area contributed by atoms with Gasteiger partial charge in [0.2, 0.25) is 0 Å². The van der Waals surface area contributed by atoms with Gasteiger partial charge in [-0.1, -0.05) is 141 Å².